The van der Waals surface area contributed by atoms with Gasteiger partial charge in [0.15, 0.2) is 0 Å². The van der Waals surface area contributed by atoms with Crippen molar-refractivity contribution >= 4 is 27.3 Å². The fraction of sp³-hybridized carbons (Fsp3) is 0.444. The minimum Gasteiger partial charge on any atom is -0.314 e. The molecule has 0 saturated carbocycles. The predicted molar refractivity (Wildman–Crippen MR) is 97.4 cm³/mol. The SMILES string of the molecule is CCc1ccc(CC(CNC(C)C)c2ccccc2Br)s1. The molecule has 0 bridgehead atoms. The zero-order valence-corrected chi connectivity index (χ0v) is 15.4. The number of halogens is 1. The normalized spacial score (nSPS) is 12.8. The lowest BCUT2D eigenvalue weighted by atomic mass is 9.94. The summed E-state index contributed by atoms with van der Waals surface area (Å²) in [5, 5.41) is 3.60. The minimum absolute atomic E-state index is 0.506. The van der Waals surface area contributed by atoms with E-state index in [2.05, 4.69) is 78.4 Å². The van der Waals surface area contributed by atoms with Gasteiger partial charge in [-0.15, -0.1) is 11.3 Å². The van der Waals surface area contributed by atoms with Crippen LogP contribution >= 0.6 is 27.3 Å². The maximum Gasteiger partial charge on any atom is 0.0210 e. The Morgan fingerprint density at radius 1 is 1.10 bits per heavy atom. The molecular weight excluding hydrogens is 342 g/mol. The van der Waals surface area contributed by atoms with Gasteiger partial charge in [-0.2, -0.15) is 0 Å². The molecule has 3 heteroatoms. The Balaban J connectivity index is 2.17. The van der Waals surface area contributed by atoms with E-state index in [-0.39, 0.29) is 0 Å². The van der Waals surface area contributed by atoms with Gasteiger partial charge >= 0.3 is 0 Å². The molecule has 0 saturated heterocycles. The minimum atomic E-state index is 0.506. The van der Waals surface area contributed by atoms with E-state index in [9.17, 15) is 0 Å². The van der Waals surface area contributed by atoms with Crippen molar-refractivity contribution in [1.29, 1.82) is 0 Å². The zero-order valence-electron chi connectivity index (χ0n) is 13.0. The Labute approximate surface area is 140 Å². The van der Waals surface area contributed by atoms with E-state index in [1.165, 1.54) is 19.8 Å². The van der Waals surface area contributed by atoms with Crippen LogP contribution in [0.5, 0.6) is 0 Å². The van der Waals surface area contributed by atoms with Crippen LogP contribution < -0.4 is 5.32 Å². The summed E-state index contributed by atoms with van der Waals surface area (Å²) in [6, 6.07) is 13.7. The van der Waals surface area contributed by atoms with E-state index < -0.39 is 0 Å². The Morgan fingerprint density at radius 2 is 1.81 bits per heavy atom. The first-order chi connectivity index (χ1) is 10.1. The van der Waals surface area contributed by atoms with Gasteiger partial charge in [-0.25, -0.2) is 0 Å². The molecule has 1 atom stereocenters. The lowest BCUT2D eigenvalue weighted by Crippen LogP contribution is -2.29. The molecule has 0 aliphatic carbocycles. The average molecular weight is 366 g/mol. The van der Waals surface area contributed by atoms with Gasteiger partial charge in [0.25, 0.3) is 0 Å². The molecule has 1 nitrogen and oxygen atoms in total. The van der Waals surface area contributed by atoms with E-state index in [4.69, 9.17) is 0 Å². The summed E-state index contributed by atoms with van der Waals surface area (Å²) in [6.07, 6.45) is 2.24. The first kappa shape index (κ1) is 16.7. The molecule has 0 aliphatic heterocycles. The molecule has 2 rings (SSSR count). The zero-order chi connectivity index (χ0) is 15.2. The van der Waals surface area contributed by atoms with Crippen LogP contribution in [-0.4, -0.2) is 12.6 Å². The number of benzene rings is 1. The number of aryl methyl sites for hydroxylation is 1. The summed E-state index contributed by atoms with van der Waals surface area (Å²) in [5.41, 5.74) is 1.40. The van der Waals surface area contributed by atoms with Gasteiger partial charge in [0.2, 0.25) is 0 Å². The largest absolute Gasteiger partial charge is 0.314 e. The van der Waals surface area contributed by atoms with Crippen LogP contribution in [0.2, 0.25) is 0 Å². The van der Waals surface area contributed by atoms with Crippen molar-refractivity contribution in [2.24, 2.45) is 0 Å². The highest BCUT2D eigenvalue weighted by molar-refractivity contribution is 9.10. The summed E-state index contributed by atoms with van der Waals surface area (Å²) in [4.78, 5) is 2.96. The van der Waals surface area contributed by atoms with Gasteiger partial charge in [-0.1, -0.05) is 54.9 Å². The number of rotatable bonds is 7. The molecule has 1 unspecified atom stereocenters. The second-order valence-corrected chi connectivity index (χ2v) is 7.81. The Morgan fingerprint density at radius 3 is 2.43 bits per heavy atom. The molecule has 1 heterocycles. The number of nitrogens with one attached hydrogen (secondary N) is 1. The molecule has 2 aromatic rings. The van der Waals surface area contributed by atoms with Crippen molar-refractivity contribution in [3.8, 4) is 0 Å². The number of hydrogen-bond acceptors (Lipinski definition) is 2. The second-order valence-electron chi connectivity index (χ2n) is 5.71. The average Bonchev–Trinajstić information content (AvgIpc) is 2.92. The summed E-state index contributed by atoms with van der Waals surface area (Å²) in [7, 11) is 0. The van der Waals surface area contributed by atoms with Gasteiger partial charge in [-0.05, 0) is 36.6 Å². The standard InChI is InChI=1S/C18H24BrNS/c1-4-15-9-10-16(21-15)11-14(12-20-13(2)3)17-7-5-6-8-18(17)19/h5-10,13-14,20H,4,11-12H2,1-3H3. The van der Waals surface area contributed by atoms with Crippen LogP contribution in [-0.2, 0) is 12.8 Å². The van der Waals surface area contributed by atoms with Crippen LogP contribution in [0.25, 0.3) is 0 Å². The summed E-state index contributed by atoms with van der Waals surface area (Å²) in [5.74, 6) is 0.506. The Kier molecular flexibility index (Phi) is 6.46. The van der Waals surface area contributed by atoms with E-state index in [0.717, 1.165) is 19.4 Å². The van der Waals surface area contributed by atoms with Crippen molar-refractivity contribution in [2.45, 2.75) is 45.6 Å². The van der Waals surface area contributed by atoms with E-state index in [0.29, 0.717) is 12.0 Å². The fourth-order valence-electron chi connectivity index (χ4n) is 2.44. The maximum atomic E-state index is 3.71. The third-order valence-electron chi connectivity index (χ3n) is 3.63. The van der Waals surface area contributed by atoms with Crippen LogP contribution in [0.4, 0.5) is 0 Å². The molecule has 21 heavy (non-hydrogen) atoms. The van der Waals surface area contributed by atoms with Crippen LogP contribution in [0, 0.1) is 0 Å². The van der Waals surface area contributed by atoms with Crippen molar-refractivity contribution in [1.82, 2.24) is 5.32 Å². The Hall–Kier alpha value is -0.640. The van der Waals surface area contributed by atoms with Crippen molar-refractivity contribution in [3.63, 3.8) is 0 Å². The molecule has 1 N–H and O–H groups in total. The lowest BCUT2D eigenvalue weighted by Gasteiger charge is -2.20. The second kappa shape index (κ2) is 8.11. The number of hydrogen-bond donors (Lipinski definition) is 1. The highest BCUT2D eigenvalue weighted by atomic mass is 79.9. The fourth-order valence-corrected chi connectivity index (χ4v) is 4.09. The molecule has 0 aliphatic rings. The van der Waals surface area contributed by atoms with Crippen LogP contribution in [0.15, 0.2) is 40.9 Å². The number of thiophene rings is 1. The van der Waals surface area contributed by atoms with Crippen LogP contribution in [0.3, 0.4) is 0 Å². The topological polar surface area (TPSA) is 12.0 Å². The van der Waals surface area contributed by atoms with Crippen LogP contribution in [0.1, 0.15) is 42.0 Å². The highest BCUT2D eigenvalue weighted by Gasteiger charge is 2.16. The summed E-state index contributed by atoms with van der Waals surface area (Å²) >= 11 is 5.66. The third kappa shape index (κ3) is 4.94. The first-order valence-electron chi connectivity index (χ1n) is 7.65. The first-order valence-corrected chi connectivity index (χ1v) is 9.26. The van der Waals surface area contributed by atoms with Gasteiger partial charge in [0, 0.05) is 32.7 Å². The smallest absolute Gasteiger partial charge is 0.0210 e. The quantitative estimate of drug-likeness (QED) is 0.692. The molecular formula is C18H24BrNS. The Bertz CT molecular complexity index is 562. The lowest BCUT2D eigenvalue weighted by molar-refractivity contribution is 0.527. The van der Waals surface area contributed by atoms with Crippen molar-refractivity contribution < 1.29 is 0 Å². The third-order valence-corrected chi connectivity index (χ3v) is 5.60. The molecule has 0 amide bonds. The molecule has 0 radical (unpaired) electrons. The molecule has 0 spiro atoms. The van der Waals surface area contributed by atoms with Gasteiger partial charge in [0.1, 0.15) is 0 Å². The monoisotopic (exact) mass is 365 g/mol. The van der Waals surface area contributed by atoms with Gasteiger partial charge < -0.3 is 5.32 Å². The predicted octanol–water partition coefficient (Wildman–Crippen LogP) is 5.40. The van der Waals surface area contributed by atoms with Gasteiger partial charge in [0.05, 0.1) is 0 Å². The van der Waals surface area contributed by atoms with E-state index in [1.54, 1.807) is 0 Å². The summed E-state index contributed by atoms with van der Waals surface area (Å²) in [6.45, 7) is 7.65. The van der Waals surface area contributed by atoms with Crippen molar-refractivity contribution in [2.75, 3.05) is 6.54 Å². The molecule has 1 aromatic heterocycles. The van der Waals surface area contributed by atoms with Crippen molar-refractivity contribution in [3.05, 3.63) is 56.2 Å². The van der Waals surface area contributed by atoms with E-state index >= 15 is 0 Å². The summed E-state index contributed by atoms with van der Waals surface area (Å²) < 4.78 is 1.22. The molecule has 0 fully saturated rings. The highest BCUT2D eigenvalue weighted by Crippen LogP contribution is 2.30. The molecule has 114 valence electrons. The maximum absolute atomic E-state index is 3.71. The van der Waals surface area contributed by atoms with E-state index in [1.807, 2.05) is 11.3 Å². The van der Waals surface area contributed by atoms with Gasteiger partial charge in [-0.3, -0.25) is 0 Å². The molecule has 1 aromatic carbocycles.